The summed E-state index contributed by atoms with van der Waals surface area (Å²) < 4.78 is 6.63. The van der Waals surface area contributed by atoms with E-state index in [2.05, 4.69) is 9.97 Å². The predicted octanol–water partition coefficient (Wildman–Crippen LogP) is 3.51. The third-order valence-corrected chi connectivity index (χ3v) is 4.55. The van der Waals surface area contributed by atoms with E-state index in [0.29, 0.717) is 22.8 Å². The van der Waals surface area contributed by atoms with Crippen LogP contribution in [0.2, 0.25) is 5.02 Å². The number of aromatic amines is 1. The SMILES string of the molecule is O=C(CCc1c[nH]c2ccccc12)OCc1cc(=O)n2cc(Cl)ccc2n1. The van der Waals surface area contributed by atoms with Crippen molar-refractivity contribution in [3.05, 3.63) is 81.5 Å². The van der Waals surface area contributed by atoms with Crippen LogP contribution in [0.3, 0.4) is 0 Å². The maximum absolute atomic E-state index is 12.1. The number of carbonyl (C=O) groups excluding carboxylic acids is 1. The Hall–Kier alpha value is -3.12. The third-order valence-electron chi connectivity index (χ3n) is 4.33. The zero-order valence-electron chi connectivity index (χ0n) is 14.3. The van der Waals surface area contributed by atoms with Crippen molar-refractivity contribution < 1.29 is 9.53 Å². The van der Waals surface area contributed by atoms with Gasteiger partial charge in [0, 0.05) is 35.8 Å². The molecule has 0 bridgehead atoms. The van der Waals surface area contributed by atoms with Crippen molar-refractivity contribution in [1.29, 1.82) is 0 Å². The van der Waals surface area contributed by atoms with Gasteiger partial charge >= 0.3 is 5.97 Å². The number of aromatic nitrogens is 3. The summed E-state index contributed by atoms with van der Waals surface area (Å²) in [4.78, 5) is 31.7. The average Bonchev–Trinajstić information content (AvgIpc) is 3.08. The van der Waals surface area contributed by atoms with Crippen LogP contribution >= 0.6 is 11.6 Å². The zero-order valence-corrected chi connectivity index (χ0v) is 15.1. The molecule has 0 aliphatic rings. The van der Waals surface area contributed by atoms with Crippen LogP contribution in [0.4, 0.5) is 0 Å². The van der Waals surface area contributed by atoms with Gasteiger partial charge in [0.1, 0.15) is 12.3 Å². The van der Waals surface area contributed by atoms with Gasteiger partial charge in [-0.25, -0.2) is 4.98 Å². The number of pyridine rings is 1. The largest absolute Gasteiger partial charge is 0.459 e. The van der Waals surface area contributed by atoms with Gasteiger partial charge in [0.2, 0.25) is 0 Å². The molecule has 0 fully saturated rings. The molecule has 0 amide bonds. The van der Waals surface area contributed by atoms with Gasteiger partial charge in [-0.3, -0.25) is 14.0 Å². The normalized spacial score (nSPS) is 11.1. The van der Waals surface area contributed by atoms with Crippen LogP contribution in [0.25, 0.3) is 16.6 Å². The maximum atomic E-state index is 12.1. The third kappa shape index (κ3) is 3.71. The van der Waals surface area contributed by atoms with Crippen LogP contribution in [-0.2, 0) is 22.6 Å². The van der Waals surface area contributed by atoms with E-state index in [0.717, 1.165) is 16.5 Å². The monoisotopic (exact) mass is 381 g/mol. The van der Waals surface area contributed by atoms with Crippen LogP contribution in [0.1, 0.15) is 17.7 Å². The van der Waals surface area contributed by atoms with E-state index in [9.17, 15) is 9.59 Å². The molecular weight excluding hydrogens is 366 g/mol. The Morgan fingerprint density at radius 3 is 2.96 bits per heavy atom. The number of nitrogens with one attached hydrogen (secondary N) is 1. The first-order valence-corrected chi connectivity index (χ1v) is 8.86. The number of aryl methyl sites for hydroxylation is 1. The number of carbonyl (C=O) groups is 1. The molecule has 0 atom stereocenters. The lowest BCUT2D eigenvalue weighted by molar-refractivity contribution is -0.145. The lowest BCUT2D eigenvalue weighted by atomic mass is 10.1. The summed E-state index contributed by atoms with van der Waals surface area (Å²) in [5.41, 5.74) is 2.70. The number of rotatable bonds is 5. The fourth-order valence-corrected chi connectivity index (χ4v) is 3.16. The van der Waals surface area contributed by atoms with Crippen LogP contribution < -0.4 is 5.56 Å². The fourth-order valence-electron chi connectivity index (χ4n) is 3.00. The number of ether oxygens (including phenoxy) is 1. The van der Waals surface area contributed by atoms with Crippen molar-refractivity contribution in [1.82, 2.24) is 14.4 Å². The second kappa shape index (κ2) is 7.25. The van der Waals surface area contributed by atoms with Crippen LogP contribution in [0.15, 0.2) is 59.7 Å². The Labute approximate surface area is 159 Å². The molecule has 0 radical (unpaired) electrons. The number of halogens is 1. The highest BCUT2D eigenvalue weighted by Crippen LogP contribution is 2.19. The van der Waals surface area contributed by atoms with E-state index >= 15 is 0 Å². The van der Waals surface area contributed by atoms with Gasteiger partial charge in [0.05, 0.1) is 10.7 Å². The quantitative estimate of drug-likeness (QED) is 0.537. The van der Waals surface area contributed by atoms with Gasteiger partial charge in [-0.1, -0.05) is 29.8 Å². The summed E-state index contributed by atoms with van der Waals surface area (Å²) in [7, 11) is 0. The summed E-state index contributed by atoms with van der Waals surface area (Å²) in [5, 5.41) is 1.55. The lowest BCUT2D eigenvalue weighted by Gasteiger charge is -2.06. The van der Waals surface area contributed by atoms with Crippen LogP contribution in [0, 0.1) is 0 Å². The number of benzene rings is 1. The lowest BCUT2D eigenvalue weighted by Crippen LogP contribution is -2.16. The molecule has 7 heteroatoms. The molecular formula is C20H16ClN3O3. The van der Waals surface area contributed by atoms with Crippen molar-refractivity contribution in [2.45, 2.75) is 19.4 Å². The maximum Gasteiger partial charge on any atom is 0.306 e. The summed E-state index contributed by atoms with van der Waals surface area (Å²) in [6.45, 7) is -0.0406. The molecule has 1 N–H and O–H groups in total. The van der Waals surface area contributed by atoms with Crippen LogP contribution in [0.5, 0.6) is 0 Å². The number of para-hydroxylation sites is 1. The highest BCUT2D eigenvalue weighted by Gasteiger charge is 2.09. The van der Waals surface area contributed by atoms with Gasteiger partial charge in [0.15, 0.2) is 0 Å². The zero-order chi connectivity index (χ0) is 18.8. The van der Waals surface area contributed by atoms with Gasteiger partial charge in [-0.2, -0.15) is 0 Å². The fraction of sp³-hybridized carbons (Fsp3) is 0.150. The van der Waals surface area contributed by atoms with E-state index in [4.69, 9.17) is 16.3 Å². The first-order chi connectivity index (χ1) is 13.1. The van der Waals surface area contributed by atoms with Crippen molar-refractivity contribution >= 4 is 34.1 Å². The molecule has 0 saturated carbocycles. The highest BCUT2D eigenvalue weighted by atomic mass is 35.5. The molecule has 0 aliphatic carbocycles. The number of esters is 1. The minimum atomic E-state index is -0.335. The van der Waals surface area contributed by atoms with Gasteiger partial charge in [-0.05, 0) is 30.2 Å². The molecule has 136 valence electrons. The van der Waals surface area contributed by atoms with Crippen molar-refractivity contribution in [3.63, 3.8) is 0 Å². The molecule has 0 saturated heterocycles. The Morgan fingerprint density at radius 1 is 1.22 bits per heavy atom. The van der Waals surface area contributed by atoms with E-state index in [1.165, 1.54) is 16.7 Å². The molecule has 3 heterocycles. The van der Waals surface area contributed by atoms with E-state index in [1.54, 1.807) is 12.1 Å². The number of H-pyrrole nitrogens is 1. The second-order valence-electron chi connectivity index (χ2n) is 6.18. The topological polar surface area (TPSA) is 76.5 Å². The van der Waals surface area contributed by atoms with E-state index in [1.807, 2.05) is 30.5 Å². The Morgan fingerprint density at radius 2 is 2.07 bits per heavy atom. The minimum absolute atomic E-state index is 0.0406. The number of fused-ring (bicyclic) bond motifs is 2. The summed E-state index contributed by atoms with van der Waals surface area (Å²) in [6, 6.07) is 12.6. The van der Waals surface area contributed by atoms with Gasteiger partial charge < -0.3 is 9.72 Å². The van der Waals surface area contributed by atoms with E-state index in [-0.39, 0.29) is 24.6 Å². The first-order valence-electron chi connectivity index (χ1n) is 8.48. The van der Waals surface area contributed by atoms with Gasteiger partial charge in [-0.15, -0.1) is 0 Å². The standard InChI is InChI=1S/C20H16ClN3O3/c21-14-6-7-18-23-15(9-19(25)24(18)11-14)12-27-20(26)8-5-13-10-22-17-4-2-1-3-16(13)17/h1-4,6-7,9-11,22H,5,8,12H2. The molecule has 0 spiro atoms. The summed E-state index contributed by atoms with van der Waals surface area (Å²) >= 11 is 5.89. The van der Waals surface area contributed by atoms with Crippen molar-refractivity contribution in [2.24, 2.45) is 0 Å². The molecule has 3 aromatic heterocycles. The smallest absolute Gasteiger partial charge is 0.306 e. The molecule has 6 nitrogen and oxygen atoms in total. The first kappa shape index (κ1) is 17.3. The number of hydrogen-bond donors (Lipinski definition) is 1. The molecule has 27 heavy (non-hydrogen) atoms. The summed E-state index contributed by atoms with van der Waals surface area (Å²) in [5.74, 6) is -0.335. The van der Waals surface area contributed by atoms with E-state index < -0.39 is 0 Å². The van der Waals surface area contributed by atoms with Crippen LogP contribution in [-0.4, -0.2) is 20.3 Å². The van der Waals surface area contributed by atoms with Crippen molar-refractivity contribution in [2.75, 3.05) is 0 Å². The Bertz CT molecular complexity index is 1200. The Kier molecular flexibility index (Phi) is 4.64. The summed E-state index contributed by atoms with van der Waals surface area (Å²) in [6.07, 6.45) is 4.25. The predicted molar refractivity (Wildman–Crippen MR) is 103 cm³/mol. The van der Waals surface area contributed by atoms with Gasteiger partial charge in [0.25, 0.3) is 5.56 Å². The Balaban J connectivity index is 1.40. The molecule has 4 rings (SSSR count). The number of hydrogen-bond acceptors (Lipinski definition) is 4. The molecule has 0 aliphatic heterocycles. The molecule has 1 aromatic carbocycles. The van der Waals surface area contributed by atoms with Crippen molar-refractivity contribution in [3.8, 4) is 0 Å². The highest BCUT2D eigenvalue weighted by molar-refractivity contribution is 6.30. The molecule has 0 unspecified atom stereocenters. The average molecular weight is 382 g/mol. The second-order valence-corrected chi connectivity index (χ2v) is 6.62. The minimum Gasteiger partial charge on any atom is -0.459 e. The molecule has 4 aromatic rings. The number of nitrogens with zero attached hydrogens (tertiary/aromatic N) is 2.